The Labute approximate surface area is 227 Å². The molecule has 1 aliphatic carbocycles. The molecule has 2 aromatic heterocycles. The van der Waals surface area contributed by atoms with Crippen LogP contribution in [-0.4, -0.2) is 16.1 Å². The molecule has 0 spiro atoms. The Morgan fingerprint density at radius 2 is 1.85 bits per heavy atom. The molecule has 0 amide bonds. The van der Waals surface area contributed by atoms with Gasteiger partial charge in [-0.1, -0.05) is 70.2 Å². The van der Waals surface area contributed by atoms with Crippen molar-refractivity contribution in [2.75, 3.05) is 0 Å². The van der Waals surface area contributed by atoms with Crippen LogP contribution in [0, 0.1) is 12.8 Å². The van der Waals surface area contributed by atoms with E-state index in [0.717, 1.165) is 32.0 Å². The van der Waals surface area contributed by atoms with Gasteiger partial charge in [0.15, 0.2) is 0 Å². The van der Waals surface area contributed by atoms with Gasteiger partial charge in [0.05, 0.1) is 27.4 Å². The maximum absolute atomic E-state index is 11.8. The number of carboxylic acids is 1. The van der Waals surface area contributed by atoms with Gasteiger partial charge in [0.2, 0.25) is 0 Å². The van der Waals surface area contributed by atoms with Crippen molar-refractivity contribution in [2.45, 2.75) is 59.3 Å². The minimum Gasteiger partial charge on any atom is -0.545 e. The van der Waals surface area contributed by atoms with Crippen LogP contribution in [0.25, 0.3) is 31.6 Å². The zero-order valence-corrected chi connectivity index (χ0v) is 23.3. The first-order valence-electron chi connectivity index (χ1n) is 11.8. The SMILES string of the molecule is CC1CCCCC1.CCc1ccc(O)c2c(C(=O)[O-])cc(-c3sc4ccccc4c3C)nc12.[Na+]. The van der Waals surface area contributed by atoms with Gasteiger partial charge >= 0.3 is 29.6 Å². The van der Waals surface area contributed by atoms with Crippen LogP contribution in [0.2, 0.25) is 0 Å². The number of hydrogen-bond acceptors (Lipinski definition) is 5. The average molecular weight is 484 g/mol. The fraction of sp³-hybridized carbons (Fsp3) is 0.357. The number of carbonyl (C=O) groups excluding carboxylic acids is 1. The molecule has 2 heterocycles. The topological polar surface area (TPSA) is 73.2 Å². The van der Waals surface area contributed by atoms with Crippen molar-refractivity contribution < 1.29 is 44.6 Å². The largest absolute Gasteiger partial charge is 1.00 e. The summed E-state index contributed by atoms with van der Waals surface area (Å²) in [5.74, 6) is -0.377. The Morgan fingerprint density at radius 1 is 1.15 bits per heavy atom. The fourth-order valence-electron chi connectivity index (χ4n) is 4.67. The number of benzene rings is 2. The number of aromatic nitrogens is 1. The number of rotatable bonds is 3. The summed E-state index contributed by atoms with van der Waals surface area (Å²) in [6.07, 6.45) is 8.12. The average Bonchev–Trinajstić information content (AvgIpc) is 3.16. The number of nitrogens with zero attached hydrogens (tertiary/aromatic N) is 1. The molecule has 0 unspecified atom stereocenters. The number of pyridine rings is 1. The molecule has 172 valence electrons. The second-order valence-electron chi connectivity index (χ2n) is 8.96. The minimum atomic E-state index is -1.32. The number of carbonyl (C=O) groups is 1. The van der Waals surface area contributed by atoms with Crippen molar-refractivity contribution in [1.82, 2.24) is 4.98 Å². The molecule has 5 rings (SSSR count). The molecule has 1 saturated carbocycles. The van der Waals surface area contributed by atoms with Crippen LogP contribution in [0.1, 0.15) is 67.4 Å². The van der Waals surface area contributed by atoms with Gasteiger partial charge < -0.3 is 15.0 Å². The van der Waals surface area contributed by atoms with E-state index in [0.29, 0.717) is 17.6 Å². The minimum absolute atomic E-state index is 0. The summed E-state index contributed by atoms with van der Waals surface area (Å²) in [6.45, 7) is 6.35. The summed E-state index contributed by atoms with van der Waals surface area (Å²) in [4.78, 5) is 17.4. The molecule has 2 aromatic carbocycles. The Morgan fingerprint density at radius 3 is 2.44 bits per heavy atom. The number of phenols is 1. The molecule has 6 heteroatoms. The van der Waals surface area contributed by atoms with Gasteiger partial charge in [-0.05, 0) is 54.0 Å². The molecule has 34 heavy (non-hydrogen) atoms. The Kier molecular flexibility index (Phi) is 9.16. The van der Waals surface area contributed by atoms with Crippen LogP contribution < -0.4 is 34.7 Å². The molecule has 0 radical (unpaired) electrons. The number of thiophene rings is 1. The molecule has 1 N–H and O–H groups in total. The van der Waals surface area contributed by atoms with Crippen LogP contribution >= 0.6 is 11.3 Å². The third-order valence-corrected chi connectivity index (χ3v) is 7.89. The molecule has 0 bridgehead atoms. The second-order valence-corrected chi connectivity index (χ2v) is 10.0. The van der Waals surface area contributed by atoms with Crippen LogP contribution in [0.4, 0.5) is 0 Å². The normalized spacial score (nSPS) is 13.9. The van der Waals surface area contributed by atoms with Crippen molar-refractivity contribution in [3.05, 3.63) is 59.2 Å². The number of carboxylic acid groups (broad SMARTS) is 1. The van der Waals surface area contributed by atoms with E-state index in [2.05, 4.69) is 13.0 Å². The van der Waals surface area contributed by atoms with Gasteiger partial charge in [-0.2, -0.15) is 0 Å². The van der Waals surface area contributed by atoms with E-state index in [1.807, 2.05) is 32.0 Å². The Balaban J connectivity index is 0.000000350. The summed E-state index contributed by atoms with van der Waals surface area (Å²) in [6, 6.07) is 12.9. The summed E-state index contributed by atoms with van der Waals surface area (Å²) < 4.78 is 1.13. The third kappa shape index (κ3) is 5.49. The maximum Gasteiger partial charge on any atom is 1.00 e. The first-order valence-corrected chi connectivity index (χ1v) is 12.6. The van der Waals surface area contributed by atoms with E-state index in [1.165, 1.54) is 44.2 Å². The van der Waals surface area contributed by atoms with E-state index < -0.39 is 5.97 Å². The molecule has 1 aliphatic rings. The van der Waals surface area contributed by atoms with Crippen molar-refractivity contribution in [3.63, 3.8) is 0 Å². The Bertz CT molecular complexity index is 1310. The summed E-state index contributed by atoms with van der Waals surface area (Å²) >= 11 is 1.59. The Hall–Kier alpha value is -1.92. The van der Waals surface area contributed by atoms with Gasteiger partial charge in [0, 0.05) is 10.3 Å². The van der Waals surface area contributed by atoms with E-state index in [4.69, 9.17) is 4.98 Å². The molecule has 4 aromatic rings. The molecular formula is C28H30NNaO3S. The first kappa shape index (κ1) is 26.7. The smallest absolute Gasteiger partial charge is 0.545 e. The van der Waals surface area contributed by atoms with E-state index in [9.17, 15) is 15.0 Å². The van der Waals surface area contributed by atoms with Gasteiger partial charge in [0.25, 0.3) is 0 Å². The number of aryl methyl sites for hydroxylation is 2. The number of fused-ring (bicyclic) bond motifs is 2. The van der Waals surface area contributed by atoms with Gasteiger partial charge in [0.1, 0.15) is 5.75 Å². The summed E-state index contributed by atoms with van der Waals surface area (Å²) in [5.41, 5.74) is 3.03. The zero-order valence-electron chi connectivity index (χ0n) is 20.5. The standard InChI is InChI=1S/C21H17NO3S.C7H14.Na/c1-3-12-8-9-16(23)18-14(21(24)25)10-15(22-19(12)18)20-11(2)13-6-4-5-7-17(13)26-20;1-7-5-3-2-4-6-7;/h4-10,23H,3H2,1-2H3,(H,24,25);7H,2-6H2,1H3;/q;;+1/p-1. The van der Waals surface area contributed by atoms with Crippen LogP contribution in [0.3, 0.4) is 0 Å². The van der Waals surface area contributed by atoms with E-state index in [-0.39, 0.29) is 46.3 Å². The number of phenolic OH excluding ortho intramolecular Hbond substituents is 1. The van der Waals surface area contributed by atoms with Gasteiger partial charge in [-0.3, -0.25) is 0 Å². The predicted molar refractivity (Wildman–Crippen MR) is 135 cm³/mol. The summed E-state index contributed by atoms with van der Waals surface area (Å²) in [7, 11) is 0. The van der Waals surface area contributed by atoms with Crippen LogP contribution in [-0.2, 0) is 6.42 Å². The van der Waals surface area contributed by atoms with Crippen molar-refractivity contribution in [3.8, 4) is 16.3 Å². The van der Waals surface area contributed by atoms with E-state index in [1.54, 1.807) is 17.4 Å². The number of aromatic hydroxyl groups is 1. The van der Waals surface area contributed by atoms with Crippen LogP contribution in [0.5, 0.6) is 5.75 Å². The molecule has 1 fully saturated rings. The number of hydrogen-bond donors (Lipinski definition) is 1. The van der Waals surface area contributed by atoms with Crippen LogP contribution in [0.15, 0.2) is 42.5 Å². The van der Waals surface area contributed by atoms with Crippen molar-refractivity contribution >= 4 is 38.3 Å². The second kappa shape index (κ2) is 11.7. The third-order valence-electron chi connectivity index (χ3n) is 6.59. The van der Waals surface area contributed by atoms with Crippen molar-refractivity contribution in [1.29, 1.82) is 0 Å². The molecular weight excluding hydrogens is 453 g/mol. The predicted octanol–water partition coefficient (Wildman–Crippen LogP) is 3.65. The fourth-order valence-corrected chi connectivity index (χ4v) is 5.84. The van der Waals surface area contributed by atoms with Gasteiger partial charge in [-0.15, -0.1) is 11.3 Å². The molecule has 0 aliphatic heterocycles. The molecule has 0 saturated heterocycles. The van der Waals surface area contributed by atoms with Gasteiger partial charge in [-0.25, -0.2) is 4.98 Å². The zero-order chi connectivity index (χ0) is 23.5. The molecule has 4 nitrogen and oxygen atoms in total. The number of aromatic carboxylic acids is 1. The molecule has 0 atom stereocenters. The first-order chi connectivity index (χ1) is 15.9. The van der Waals surface area contributed by atoms with E-state index >= 15 is 0 Å². The quantitative estimate of drug-likeness (QED) is 0.452. The monoisotopic (exact) mass is 483 g/mol. The summed E-state index contributed by atoms with van der Waals surface area (Å²) in [5, 5.41) is 23.4. The maximum atomic E-state index is 11.8. The van der Waals surface area contributed by atoms with Crippen molar-refractivity contribution in [2.24, 2.45) is 5.92 Å².